The first kappa shape index (κ1) is 29.1. The number of anilines is 1. The average Bonchev–Trinajstić information content (AvgIpc) is 3.13. The Hall–Kier alpha value is -3.51. The van der Waals surface area contributed by atoms with Crippen LogP contribution in [0.5, 0.6) is 0 Å². The van der Waals surface area contributed by atoms with Crippen molar-refractivity contribution in [3.8, 4) is 0 Å². The van der Waals surface area contributed by atoms with Crippen molar-refractivity contribution in [3.63, 3.8) is 0 Å². The van der Waals surface area contributed by atoms with E-state index in [-0.39, 0.29) is 17.5 Å². The smallest absolute Gasteiger partial charge is 0.267 e. The summed E-state index contributed by atoms with van der Waals surface area (Å²) in [4.78, 5) is 42.6. The van der Waals surface area contributed by atoms with E-state index in [4.69, 9.17) is 4.55 Å². The predicted octanol–water partition coefficient (Wildman–Crippen LogP) is 5.15. The molecule has 0 unspecified atom stereocenters. The fourth-order valence-corrected chi connectivity index (χ4v) is 5.35. The molecule has 3 N–H and O–H groups in total. The van der Waals surface area contributed by atoms with E-state index in [2.05, 4.69) is 10.3 Å². The molecular weight excluding hydrogens is 528 g/mol. The number of fused-ring (bicyclic) bond motifs is 2. The van der Waals surface area contributed by atoms with Crippen LogP contribution in [0, 0.1) is 6.92 Å². The van der Waals surface area contributed by atoms with Crippen molar-refractivity contribution in [2.75, 3.05) is 11.6 Å². The normalized spacial score (nSPS) is 11.7. The first-order valence-electron chi connectivity index (χ1n) is 11.4. The van der Waals surface area contributed by atoms with Crippen LogP contribution in [0.2, 0.25) is 0 Å². The molecule has 0 atom stereocenters. The number of nitrogens with zero attached hydrogens (tertiary/aromatic N) is 1. The largest absolute Gasteiger partial charge is 0.386 e. The molecule has 0 aliphatic rings. The van der Waals surface area contributed by atoms with Crippen LogP contribution >= 0.6 is 11.3 Å². The number of carbonyl (C=O) groups is 3. The molecule has 4 aromatic rings. The number of aliphatic hydroxyl groups is 1. The molecule has 11 heteroatoms. The van der Waals surface area contributed by atoms with E-state index >= 15 is 0 Å². The molecule has 2 heterocycles. The number of aryl methyl sites for hydroxylation is 1. The number of hydrogen-bond acceptors (Lipinski definition) is 8. The molecule has 0 radical (unpaired) electrons. The molecular formula is C27H28N2O7S2. The lowest BCUT2D eigenvalue weighted by atomic mass is 9.94. The number of hydrogen-bond donors (Lipinski definition) is 3. The van der Waals surface area contributed by atoms with Crippen molar-refractivity contribution in [2.24, 2.45) is 0 Å². The Morgan fingerprint density at radius 1 is 1.00 bits per heavy atom. The van der Waals surface area contributed by atoms with Gasteiger partial charge in [-0.1, -0.05) is 18.2 Å². The van der Waals surface area contributed by atoms with Gasteiger partial charge in [0, 0.05) is 26.6 Å². The Labute approximate surface area is 224 Å². The molecule has 38 heavy (non-hydrogen) atoms. The maximum absolute atomic E-state index is 13.3. The van der Waals surface area contributed by atoms with E-state index in [9.17, 15) is 27.9 Å². The second kappa shape index (κ2) is 10.7. The van der Waals surface area contributed by atoms with Gasteiger partial charge in [-0.15, -0.1) is 11.3 Å². The van der Waals surface area contributed by atoms with Crippen molar-refractivity contribution in [1.29, 1.82) is 0 Å². The van der Waals surface area contributed by atoms with Gasteiger partial charge in [0.25, 0.3) is 16.0 Å². The lowest BCUT2D eigenvalue weighted by Gasteiger charge is -2.21. The van der Waals surface area contributed by atoms with Crippen molar-refractivity contribution >= 4 is 65.7 Å². The monoisotopic (exact) mass is 556 g/mol. The summed E-state index contributed by atoms with van der Waals surface area (Å²) in [7, 11) is -3.67. The van der Waals surface area contributed by atoms with Crippen molar-refractivity contribution in [2.45, 2.75) is 40.2 Å². The SMILES string of the molecule is CC(=O)c1ccc(C(C)=O)c2c(C)c(C(=O)Nc3cc(C(C)(C)O)c4ccccc4n3)sc12.CS(=O)(=O)O. The Kier molecular flexibility index (Phi) is 8.18. The lowest BCUT2D eigenvalue weighted by molar-refractivity contribution is 0.0801. The molecule has 0 aliphatic heterocycles. The van der Waals surface area contributed by atoms with E-state index in [0.717, 1.165) is 5.39 Å². The van der Waals surface area contributed by atoms with E-state index in [1.807, 2.05) is 24.3 Å². The summed E-state index contributed by atoms with van der Waals surface area (Å²) in [5.41, 5.74) is 1.77. The number of thiophene rings is 1. The van der Waals surface area contributed by atoms with Gasteiger partial charge in [0.2, 0.25) is 0 Å². The summed E-state index contributed by atoms with van der Waals surface area (Å²) < 4.78 is 26.5. The van der Waals surface area contributed by atoms with Crippen LogP contribution in [0.25, 0.3) is 21.0 Å². The standard InChI is InChI=1S/C26H24N2O4S.CH4O3S/c1-13-22-16(14(2)29)10-11-17(15(3)30)24(22)33-23(13)25(31)28-21-12-19(26(4,5)32)18-8-6-7-9-20(18)27-21;1-5(2,3)4/h6-12,32H,1-5H3,(H,27,28,31);1H3,(H,2,3,4). The molecule has 1 amide bonds. The number of carbonyl (C=O) groups excluding carboxylic acids is 3. The van der Waals surface area contributed by atoms with Gasteiger partial charge in [-0.3, -0.25) is 18.9 Å². The minimum absolute atomic E-state index is 0.130. The molecule has 200 valence electrons. The summed E-state index contributed by atoms with van der Waals surface area (Å²) in [5, 5.41) is 14.9. The maximum Gasteiger partial charge on any atom is 0.267 e. The van der Waals surface area contributed by atoms with E-state index in [0.29, 0.717) is 54.8 Å². The maximum atomic E-state index is 13.3. The zero-order valence-corrected chi connectivity index (χ0v) is 23.4. The number of benzene rings is 2. The van der Waals surface area contributed by atoms with Crippen molar-refractivity contribution in [1.82, 2.24) is 4.98 Å². The Morgan fingerprint density at radius 2 is 1.55 bits per heavy atom. The second-order valence-electron chi connectivity index (χ2n) is 9.35. The van der Waals surface area contributed by atoms with Gasteiger partial charge in [-0.05, 0) is 70.0 Å². The van der Waals surface area contributed by atoms with E-state index in [1.165, 1.54) is 25.2 Å². The minimum atomic E-state index is -3.67. The van der Waals surface area contributed by atoms with Gasteiger partial charge in [0.15, 0.2) is 11.6 Å². The van der Waals surface area contributed by atoms with Crippen LogP contribution in [0.15, 0.2) is 42.5 Å². The van der Waals surface area contributed by atoms with Gasteiger partial charge in [0.05, 0.1) is 22.3 Å². The van der Waals surface area contributed by atoms with Gasteiger partial charge in [-0.2, -0.15) is 8.42 Å². The van der Waals surface area contributed by atoms with Crippen molar-refractivity contribution < 1.29 is 32.5 Å². The average molecular weight is 557 g/mol. The van der Waals surface area contributed by atoms with Gasteiger partial charge in [-0.25, -0.2) is 4.98 Å². The molecule has 9 nitrogen and oxygen atoms in total. The van der Waals surface area contributed by atoms with Crippen LogP contribution in [0.3, 0.4) is 0 Å². The number of para-hydroxylation sites is 1. The quantitative estimate of drug-likeness (QED) is 0.226. The highest BCUT2D eigenvalue weighted by Gasteiger charge is 2.24. The number of pyridine rings is 1. The van der Waals surface area contributed by atoms with E-state index < -0.39 is 15.7 Å². The Morgan fingerprint density at radius 3 is 2.11 bits per heavy atom. The van der Waals surface area contributed by atoms with Crippen LogP contribution < -0.4 is 5.32 Å². The number of amides is 1. The van der Waals surface area contributed by atoms with Crippen LogP contribution in [0.1, 0.15) is 69.2 Å². The zero-order valence-electron chi connectivity index (χ0n) is 21.7. The predicted molar refractivity (Wildman–Crippen MR) is 149 cm³/mol. The third kappa shape index (κ3) is 6.48. The highest BCUT2D eigenvalue weighted by molar-refractivity contribution is 7.85. The molecule has 0 saturated carbocycles. The van der Waals surface area contributed by atoms with Crippen LogP contribution in [-0.2, 0) is 15.7 Å². The number of Topliss-reactive ketones (excluding diaryl/α,β-unsaturated/α-hetero) is 2. The summed E-state index contributed by atoms with van der Waals surface area (Å²) in [6, 6.07) is 12.4. The third-order valence-corrected chi connectivity index (χ3v) is 6.98. The molecule has 0 saturated heterocycles. The number of nitrogens with one attached hydrogen (secondary N) is 1. The van der Waals surface area contributed by atoms with Crippen LogP contribution in [-0.4, -0.2) is 46.8 Å². The number of aromatic nitrogens is 1. The summed E-state index contributed by atoms with van der Waals surface area (Å²) in [6.07, 6.45) is 0.715. The Bertz CT molecular complexity index is 1690. The molecule has 4 rings (SSSR count). The number of rotatable bonds is 5. The summed E-state index contributed by atoms with van der Waals surface area (Å²) >= 11 is 1.19. The second-order valence-corrected chi connectivity index (χ2v) is 11.8. The first-order chi connectivity index (χ1) is 17.5. The Balaban J connectivity index is 0.000000732. The topological polar surface area (TPSA) is 151 Å². The lowest BCUT2D eigenvalue weighted by Crippen LogP contribution is -2.18. The van der Waals surface area contributed by atoms with Gasteiger partial charge < -0.3 is 10.4 Å². The van der Waals surface area contributed by atoms with Crippen molar-refractivity contribution in [3.05, 3.63) is 69.6 Å². The summed E-state index contributed by atoms with van der Waals surface area (Å²) in [6.45, 7) is 8.08. The third-order valence-electron chi connectivity index (χ3n) is 5.66. The highest BCUT2D eigenvalue weighted by Crippen LogP contribution is 2.37. The molecule has 2 aromatic carbocycles. The molecule has 0 spiro atoms. The van der Waals surface area contributed by atoms with E-state index in [1.54, 1.807) is 39.0 Å². The molecule has 0 bridgehead atoms. The van der Waals surface area contributed by atoms with Gasteiger partial charge in [0.1, 0.15) is 5.82 Å². The fraction of sp³-hybridized carbons (Fsp3) is 0.259. The van der Waals surface area contributed by atoms with Gasteiger partial charge >= 0.3 is 0 Å². The fourth-order valence-electron chi connectivity index (χ4n) is 4.06. The minimum Gasteiger partial charge on any atom is -0.386 e. The summed E-state index contributed by atoms with van der Waals surface area (Å²) in [5.74, 6) is -0.336. The highest BCUT2D eigenvalue weighted by atomic mass is 32.2. The first-order valence-corrected chi connectivity index (χ1v) is 14.1. The molecule has 2 aromatic heterocycles. The zero-order chi connectivity index (χ0) is 28.6. The molecule has 0 fully saturated rings. The van der Waals surface area contributed by atoms with Crippen LogP contribution in [0.4, 0.5) is 5.82 Å². The number of ketones is 2. The molecule has 0 aliphatic carbocycles.